The zero-order chi connectivity index (χ0) is 18.8. The monoisotopic (exact) mass is 389 g/mol. The summed E-state index contributed by atoms with van der Waals surface area (Å²) >= 11 is 6.10. The van der Waals surface area contributed by atoms with E-state index in [4.69, 9.17) is 25.8 Å². The van der Waals surface area contributed by atoms with Crippen LogP contribution < -0.4 is 9.47 Å². The average Bonchev–Trinajstić information content (AvgIpc) is 3.50. The molecule has 1 aromatic carbocycles. The Balaban J connectivity index is 1.54. The van der Waals surface area contributed by atoms with Gasteiger partial charge in [-0.1, -0.05) is 29.8 Å². The van der Waals surface area contributed by atoms with Crippen molar-refractivity contribution in [2.45, 2.75) is 37.5 Å². The van der Waals surface area contributed by atoms with Gasteiger partial charge in [-0.25, -0.2) is 4.79 Å². The summed E-state index contributed by atoms with van der Waals surface area (Å²) in [6, 6.07) is 7.68. The van der Waals surface area contributed by atoms with Crippen molar-refractivity contribution >= 4 is 17.7 Å². The molecule has 27 heavy (non-hydrogen) atoms. The van der Waals surface area contributed by atoms with Crippen LogP contribution in [0.4, 0.5) is 4.79 Å². The standard InChI is InChI=1S/C19H20ClN3O4/c1-12-3-2-4-15(13-5-6-13)18(12)27-17-11-25-16(20)10-23(17)19(24)26-14-7-8-21-22-9-14/h2-4,7-9,13,16-17H,5-6,10-11H2,1H3. The highest BCUT2D eigenvalue weighted by Gasteiger charge is 2.36. The van der Waals surface area contributed by atoms with Gasteiger partial charge in [-0.3, -0.25) is 4.90 Å². The summed E-state index contributed by atoms with van der Waals surface area (Å²) in [6.07, 6.45) is 3.95. The van der Waals surface area contributed by atoms with Crippen molar-refractivity contribution in [1.29, 1.82) is 0 Å². The van der Waals surface area contributed by atoms with E-state index in [1.807, 2.05) is 19.1 Å². The first-order valence-electron chi connectivity index (χ1n) is 8.89. The van der Waals surface area contributed by atoms with Crippen LogP contribution in [0.1, 0.15) is 29.9 Å². The van der Waals surface area contributed by atoms with E-state index >= 15 is 0 Å². The molecule has 1 aliphatic carbocycles. The first-order chi connectivity index (χ1) is 13.1. The van der Waals surface area contributed by atoms with Gasteiger partial charge in [0, 0.05) is 6.07 Å². The molecule has 2 fully saturated rings. The second-order valence-electron chi connectivity index (χ2n) is 6.68. The van der Waals surface area contributed by atoms with Gasteiger partial charge in [0.05, 0.1) is 18.9 Å². The molecule has 0 spiro atoms. The van der Waals surface area contributed by atoms with Gasteiger partial charge in [-0.15, -0.1) is 0 Å². The van der Waals surface area contributed by atoms with Crippen molar-refractivity contribution in [1.82, 2.24) is 15.1 Å². The minimum atomic E-state index is -0.624. The van der Waals surface area contributed by atoms with Gasteiger partial charge in [0.1, 0.15) is 17.9 Å². The highest BCUT2D eigenvalue weighted by molar-refractivity contribution is 6.20. The Morgan fingerprint density at radius 3 is 2.89 bits per heavy atom. The maximum atomic E-state index is 12.7. The minimum absolute atomic E-state index is 0.161. The third-order valence-corrected chi connectivity index (χ3v) is 4.88. The Bertz CT molecular complexity index is 816. The number of carbonyl (C=O) groups excluding carboxylic acids is 1. The zero-order valence-corrected chi connectivity index (χ0v) is 15.6. The number of amides is 1. The first kappa shape index (κ1) is 18.0. The number of halogens is 1. The molecule has 2 heterocycles. The molecule has 0 bridgehead atoms. The molecule has 2 atom stereocenters. The molecule has 142 valence electrons. The van der Waals surface area contributed by atoms with Gasteiger partial charge in [-0.2, -0.15) is 10.2 Å². The van der Waals surface area contributed by atoms with Crippen molar-refractivity contribution < 1.29 is 19.0 Å². The van der Waals surface area contributed by atoms with E-state index in [2.05, 4.69) is 16.3 Å². The summed E-state index contributed by atoms with van der Waals surface area (Å²) in [5.74, 6) is 1.64. The third-order valence-electron chi connectivity index (χ3n) is 4.62. The zero-order valence-electron chi connectivity index (χ0n) is 14.9. The SMILES string of the molecule is Cc1cccc(C2CC2)c1OC1COC(Cl)CN1C(=O)Oc1ccnnc1. The largest absolute Gasteiger partial charge is 0.467 e. The van der Waals surface area contributed by atoms with Gasteiger partial charge < -0.3 is 14.2 Å². The maximum absolute atomic E-state index is 12.7. The lowest BCUT2D eigenvalue weighted by Gasteiger charge is -2.37. The second-order valence-corrected chi connectivity index (χ2v) is 7.17. The number of hydrogen-bond donors (Lipinski definition) is 0. The predicted octanol–water partition coefficient (Wildman–Crippen LogP) is 3.46. The van der Waals surface area contributed by atoms with Crippen LogP contribution in [-0.4, -0.2) is 46.1 Å². The number of ether oxygens (including phenoxy) is 3. The number of rotatable bonds is 4. The predicted molar refractivity (Wildman–Crippen MR) is 97.9 cm³/mol. The van der Waals surface area contributed by atoms with Crippen molar-refractivity contribution in [3.05, 3.63) is 47.8 Å². The number of aromatic nitrogens is 2. The van der Waals surface area contributed by atoms with Gasteiger partial charge in [0.2, 0.25) is 6.23 Å². The van der Waals surface area contributed by atoms with Gasteiger partial charge in [0.15, 0.2) is 5.75 Å². The van der Waals surface area contributed by atoms with E-state index in [1.165, 1.54) is 22.9 Å². The lowest BCUT2D eigenvalue weighted by Crippen LogP contribution is -2.54. The molecule has 1 aliphatic heterocycles. The van der Waals surface area contributed by atoms with Crippen LogP contribution in [0.2, 0.25) is 0 Å². The molecule has 1 saturated carbocycles. The topological polar surface area (TPSA) is 73.8 Å². The van der Waals surface area contributed by atoms with E-state index < -0.39 is 17.9 Å². The Labute approximate surface area is 162 Å². The normalized spacial score (nSPS) is 22.4. The van der Waals surface area contributed by atoms with E-state index in [-0.39, 0.29) is 13.2 Å². The molecule has 2 aromatic rings. The van der Waals surface area contributed by atoms with E-state index in [1.54, 1.807) is 6.07 Å². The lowest BCUT2D eigenvalue weighted by molar-refractivity contribution is -0.0898. The van der Waals surface area contributed by atoms with Gasteiger partial charge >= 0.3 is 6.09 Å². The number of morpholine rings is 1. The van der Waals surface area contributed by atoms with Crippen LogP contribution in [0.25, 0.3) is 0 Å². The minimum Gasteiger partial charge on any atom is -0.467 e. The lowest BCUT2D eigenvalue weighted by atomic mass is 10.1. The molecule has 1 aromatic heterocycles. The van der Waals surface area contributed by atoms with Crippen LogP contribution in [0.15, 0.2) is 36.7 Å². The molecule has 8 heteroatoms. The molecule has 2 aliphatic rings. The van der Waals surface area contributed by atoms with Crippen molar-refractivity contribution in [2.24, 2.45) is 0 Å². The molecule has 4 rings (SSSR count). The molecular weight excluding hydrogens is 370 g/mol. The van der Waals surface area contributed by atoms with Crippen LogP contribution >= 0.6 is 11.6 Å². The molecule has 2 unspecified atom stereocenters. The van der Waals surface area contributed by atoms with Crippen molar-refractivity contribution in [2.75, 3.05) is 13.2 Å². The number of hydrogen-bond acceptors (Lipinski definition) is 6. The summed E-state index contributed by atoms with van der Waals surface area (Å²) in [5, 5.41) is 7.38. The Kier molecular flexibility index (Phi) is 5.13. The van der Waals surface area contributed by atoms with Crippen LogP contribution in [0.5, 0.6) is 11.5 Å². The average molecular weight is 390 g/mol. The molecule has 0 N–H and O–H groups in total. The molecule has 1 amide bonds. The summed E-state index contributed by atoms with van der Waals surface area (Å²) < 4.78 is 17.2. The van der Waals surface area contributed by atoms with Crippen LogP contribution in [0.3, 0.4) is 0 Å². The maximum Gasteiger partial charge on any atom is 0.418 e. The fourth-order valence-electron chi connectivity index (χ4n) is 3.08. The van der Waals surface area contributed by atoms with Gasteiger partial charge in [0.25, 0.3) is 0 Å². The first-order valence-corrected chi connectivity index (χ1v) is 9.32. The molecular formula is C19H20ClN3O4. The summed E-state index contributed by atoms with van der Waals surface area (Å²) in [7, 11) is 0. The quantitative estimate of drug-likeness (QED) is 0.745. The van der Waals surface area contributed by atoms with Crippen molar-refractivity contribution in [3.63, 3.8) is 0 Å². The highest BCUT2D eigenvalue weighted by Crippen LogP contribution is 2.45. The Morgan fingerprint density at radius 1 is 1.30 bits per heavy atom. The smallest absolute Gasteiger partial charge is 0.418 e. The molecule has 0 radical (unpaired) electrons. The number of carbonyl (C=O) groups is 1. The number of para-hydroxylation sites is 1. The van der Waals surface area contributed by atoms with E-state index in [0.717, 1.165) is 24.2 Å². The fraction of sp³-hybridized carbons (Fsp3) is 0.421. The number of alkyl halides is 1. The number of nitrogens with zero attached hydrogens (tertiary/aromatic N) is 3. The third kappa shape index (κ3) is 4.14. The number of aryl methyl sites for hydroxylation is 1. The molecule has 1 saturated heterocycles. The summed E-state index contributed by atoms with van der Waals surface area (Å²) in [6.45, 7) is 2.32. The Hall–Kier alpha value is -2.38. The fourth-order valence-corrected chi connectivity index (χ4v) is 3.30. The molecule has 7 nitrogen and oxygen atoms in total. The summed E-state index contributed by atoms with van der Waals surface area (Å²) in [4.78, 5) is 14.1. The number of benzene rings is 1. The second kappa shape index (κ2) is 7.70. The highest BCUT2D eigenvalue weighted by atomic mass is 35.5. The Morgan fingerprint density at radius 2 is 2.15 bits per heavy atom. The van der Waals surface area contributed by atoms with E-state index in [0.29, 0.717) is 11.7 Å². The summed E-state index contributed by atoms with van der Waals surface area (Å²) in [5.41, 5.74) is 1.58. The van der Waals surface area contributed by atoms with Crippen molar-refractivity contribution in [3.8, 4) is 11.5 Å². The van der Waals surface area contributed by atoms with Crippen LogP contribution in [0, 0.1) is 6.92 Å². The van der Waals surface area contributed by atoms with Gasteiger partial charge in [-0.05, 0) is 36.8 Å². The van der Waals surface area contributed by atoms with Crippen LogP contribution in [-0.2, 0) is 4.74 Å². The van der Waals surface area contributed by atoms with E-state index in [9.17, 15) is 4.79 Å².